The maximum absolute atomic E-state index is 11.3. The van der Waals surface area contributed by atoms with Crippen LogP contribution in [-0.2, 0) is 11.2 Å². The van der Waals surface area contributed by atoms with Gasteiger partial charge in [0.15, 0.2) is 0 Å². The van der Waals surface area contributed by atoms with Gasteiger partial charge in [0.2, 0.25) is 0 Å². The number of rotatable bonds is 5. The number of carbonyl (C=O) groups is 1. The summed E-state index contributed by atoms with van der Waals surface area (Å²) in [6.07, 6.45) is 1.92. The summed E-state index contributed by atoms with van der Waals surface area (Å²) in [7, 11) is 0. The molecule has 88 valence electrons. The lowest BCUT2D eigenvalue weighted by Crippen LogP contribution is -2.32. The highest BCUT2D eigenvalue weighted by atomic mass is 79.9. The van der Waals surface area contributed by atoms with Gasteiger partial charge in [0.05, 0.1) is 5.41 Å². The SMILES string of the molecule is CCC(CC)(Cc1ccc(Br)cc1)C(=O)O. The molecule has 0 aromatic heterocycles. The summed E-state index contributed by atoms with van der Waals surface area (Å²) >= 11 is 3.37. The van der Waals surface area contributed by atoms with Crippen LogP contribution in [0.25, 0.3) is 0 Å². The van der Waals surface area contributed by atoms with E-state index in [1.54, 1.807) is 0 Å². The van der Waals surface area contributed by atoms with E-state index in [-0.39, 0.29) is 0 Å². The Morgan fingerprint density at radius 1 is 1.25 bits per heavy atom. The van der Waals surface area contributed by atoms with Gasteiger partial charge in [-0.2, -0.15) is 0 Å². The van der Waals surface area contributed by atoms with Crippen LogP contribution >= 0.6 is 15.9 Å². The number of carboxylic acid groups (broad SMARTS) is 1. The number of hydrogen-bond acceptors (Lipinski definition) is 1. The van der Waals surface area contributed by atoms with Gasteiger partial charge in [-0.3, -0.25) is 4.79 Å². The van der Waals surface area contributed by atoms with Crippen molar-refractivity contribution >= 4 is 21.9 Å². The third-order valence-electron chi connectivity index (χ3n) is 3.26. The fraction of sp³-hybridized carbons (Fsp3) is 0.462. The van der Waals surface area contributed by atoms with Gasteiger partial charge in [-0.1, -0.05) is 41.9 Å². The van der Waals surface area contributed by atoms with E-state index in [0.29, 0.717) is 19.3 Å². The van der Waals surface area contributed by atoms with E-state index in [4.69, 9.17) is 0 Å². The average Bonchev–Trinajstić information content (AvgIpc) is 2.28. The van der Waals surface area contributed by atoms with Crippen molar-refractivity contribution in [2.24, 2.45) is 5.41 Å². The molecule has 0 atom stereocenters. The van der Waals surface area contributed by atoms with Crippen molar-refractivity contribution in [3.05, 3.63) is 34.3 Å². The monoisotopic (exact) mass is 284 g/mol. The first-order valence-electron chi connectivity index (χ1n) is 5.52. The number of aliphatic carboxylic acids is 1. The molecule has 1 N–H and O–H groups in total. The largest absolute Gasteiger partial charge is 0.481 e. The van der Waals surface area contributed by atoms with E-state index in [1.807, 2.05) is 38.1 Å². The van der Waals surface area contributed by atoms with Crippen molar-refractivity contribution in [3.63, 3.8) is 0 Å². The summed E-state index contributed by atoms with van der Waals surface area (Å²) in [5, 5.41) is 9.33. The summed E-state index contributed by atoms with van der Waals surface area (Å²) in [6.45, 7) is 3.88. The van der Waals surface area contributed by atoms with Crippen LogP contribution in [0.5, 0.6) is 0 Å². The summed E-state index contributed by atoms with van der Waals surface area (Å²) in [5.74, 6) is -0.694. The third-order valence-corrected chi connectivity index (χ3v) is 3.79. The molecule has 1 aromatic carbocycles. The molecule has 0 heterocycles. The normalized spacial score (nSPS) is 11.4. The van der Waals surface area contributed by atoms with Crippen molar-refractivity contribution in [3.8, 4) is 0 Å². The molecule has 0 amide bonds. The highest BCUT2D eigenvalue weighted by Gasteiger charge is 2.34. The fourth-order valence-electron chi connectivity index (χ4n) is 1.87. The molecule has 16 heavy (non-hydrogen) atoms. The Kier molecular flexibility index (Phi) is 4.54. The van der Waals surface area contributed by atoms with Crippen molar-refractivity contribution < 1.29 is 9.90 Å². The van der Waals surface area contributed by atoms with Gasteiger partial charge in [-0.25, -0.2) is 0 Å². The van der Waals surface area contributed by atoms with E-state index in [1.165, 1.54) is 0 Å². The molecule has 1 aromatic rings. The first-order valence-corrected chi connectivity index (χ1v) is 6.31. The Hall–Kier alpha value is -0.830. The molecule has 0 saturated carbocycles. The van der Waals surface area contributed by atoms with Gasteiger partial charge in [-0.15, -0.1) is 0 Å². The third kappa shape index (κ3) is 2.85. The minimum atomic E-state index is -0.694. The second-order valence-electron chi connectivity index (χ2n) is 4.10. The first-order chi connectivity index (χ1) is 7.54. The molecule has 0 unspecified atom stereocenters. The van der Waals surface area contributed by atoms with Crippen LogP contribution in [0, 0.1) is 5.41 Å². The quantitative estimate of drug-likeness (QED) is 0.891. The molecule has 0 aliphatic heterocycles. The van der Waals surface area contributed by atoms with Crippen LogP contribution in [0.15, 0.2) is 28.7 Å². The van der Waals surface area contributed by atoms with Crippen LogP contribution in [0.1, 0.15) is 32.3 Å². The van der Waals surface area contributed by atoms with Crippen molar-refractivity contribution in [2.45, 2.75) is 33.1 Å². The van der Waals surface area contributed by atoms with Crippen LogP contribution in [-0.4, -0.2) is 11.1 Å². The van der Waals surface area contributed by atoms with E-state index in [0.717, 1.165) is 10.0 Å². The van der Waals surface area contributed by atoms with Crippen LogP contribution in [0.3, 0.4) is 0 Å². The Bertz CT molecular complexity index is 353. The lowest BCUT2D eigenvalue weighted by molar-refractivity contribution is -0.149. The van der Waals surface area contributed by atoms with E-state index in [9.17, 15) is 9.90 Å². The smallest absolute Gasteiger partial charge is 0.309 e. The zero-order valence-corrected chi connectivity index (χ0v) is 11.3. The molecule has 0 aliphatic carbocycles. The molecule has 2 nitrogen and oxygen atoms in total. The second kappa shape index (κ2) is 5.48. The highest BCUT2D eigenvalue weighted by molar-refractivity contribution is 9.10. The Labute approximate surface area is 105 Å². The number of hydrogen-bond donors (Lipinski definition) is 1. The highest BCUT2D eigenvalue weighted by Crippen LogP contribution is 2.31. The fourth-order valence-corrected chi connectivity index (χ4v) is 2.14. The maximum atomic E-state index is 11.3. The lowest BCUT2D eigenvalue weighted by Gasteiger charge is -2.26. The molecule has 0 aliphatic rings. The topological polar surface area (TPSA) is 37.3 Å². The van der Waals surface area contributed by atoms with Gasteiger partial charge in [-0.05, 0) is 37.0 Å². The van der Waals surface area contributed by atoms with Crippen molar-refractivity contribution in [2.75, 3.05) is 0 Å². The molecule has 3 heteroatoms. The lowest BCUT2D eigenvalue weighted by atomic mass is 9.77. The van der Waals surface area contributed by atoms with Crippen molar-refractivity contribution in [1.29, 1.82) is 0 Å². The van der Waals surface area contributed by atoms with E-state index >= 15 is 0 Å². The van der Waals surface area contributed by atoms with Gasteiger partial charge in [0.1, 0.15) is 0 Å². The van der Waals surface area contributed by atoms with Gasteiger partial charge in [0, 0.05) is 4.47 Å². The Balaban J connectivity index is 2.91. The zero-order chi connectivity index (χ0) is 12.2. The van der Waals surface area contributed by atoms with Crippen molar-refractivity contribution in [1.82, 2.24) is 0 Å². The zero-order valence-electron chi connectivity index (χ0n) is 9.66. The molecule has 0 spiro atoms. The maximum Gasteiger partial charge on any atom is 0.309 e. The van der Waals surface area contributed by atoms with E-state index < -0.39 is 11.4 Å². The minimum absolute atomic E-state index is 0.600. The first kappa shape index (κ1) is 13.2. The van der Waals surface area contributed by atoms with Crippen LogP contribution in [0.4, 0.5) is 0 Å². The minimum Gasteiger partial charge on any atom is -0.481 e. The predicted octanol–water partition coefficient (Wildman–Crippen LogP) is 3.88. The van der Waals surface area contributed by atoms with Crippen LogP contribution < -0.4 is 0 Å². The Morgan fingerprint density at radius 3 is 2.12 bits per heavy atom. The second-order valence-corrected chi connectivity index (χ2v) is 5.01. The molecule has 1 rings (SSSR count). The average molecular weight is 285 g/mol. The molecular weight excluding hydrogens is 268 g/mol. The van der Waals surface area contributed by atoms with Gasteiger partial charge >= 0.3 is 5.97 Å². The number of carboxylic acids is 1. The Morgan fingerprint density at radius 2 is 1.75 bits per heavy atom. The predicted molar refractivity (Wildman–Crippen MR) is 68.5 cm³/mol. The molecule has 0 bridgehead atoms. The number of halogens is 1. The molecule has 0 saturated heterocycles. The van der Waals surface area contributed by atoms with Crippen LogP contribution in [0.2, 0.25) is 0 Å². The standard InChI is InChI=1S/C13H17BrO2/c1-3-13(4-2,12(15)16)9-10-5-7-11(14)8-6-10/h5-8H,3-4,9H2,1-2H3,(H,15,16). The molecule has 0 radical (unpaired) electrons. The van der Waals surface area contributed by atoms with Gasteiger partial charge < -0.3 is 5.11 Å². The summed E-state index contributed by atoms with van der Waals surface area (Å²) < 4.78 is 1.02. The number of benzene rings is 1. The summed E-state index contributed by atoms with van der Waals surface area (Å²) in [5.41, 5.74) is 0.461. The summed E-state index contributed by atoms with van der Waals surface area (Å²) in [6, 6.07) is 7.86. The molecular formula is C13H17BrO2. The van der Waals surface area contributed by atoms with Gasteiger partial charge in [0.25, 0.3) is 0 Å². The van der Waals surface area contributed by atoms with E-state index in [2.05, 4.69) is 15.9 Å². The molecule has 0 fully saturated rings. The summed E-state index contributed by atoms with van der Waals surface area (Å²) in [4.78, 5) is 11.3.